The molecule has 0 aromatic heterocycles. The van der Waals surface area contributed by atoms with E-state index in [1.54, 1.807) is 13.8 Å². The van der Waals surface area contributed by atoms with Crippen LogP contribution in [0, 0.1) is 13.8 Å². The van der Waals surface area contributed by atoms with Crippen molar-refractivity contribution >= 4 is 5.91 Å². The second kappa shape index (κ2) is 5.13. The SMILES string of the molecule is Cc1cc(C(=O)N2CC(O)C2)cc(C)c1OC(F)F. The molecule has 0 atom stereocenters. The minimum Gasteiger partial charge on any atom is -0.434 e. The van der Waals surface area contributed by atoms with Crippen molar-refractivity contribution in [2.75, 3.05) is 13.1 Å². The Hall–Kier alpha value is -1.69. The highest BCUT2D eigenvalue weighted by Crippen LogP contribution is 2.27. The maximum Gasteiger partial charge on any atom is 0.387 e. The van der Waals surface area contributed by atoms with Crippen LogP contribution in [0.2, 0.25) is 0 Å². The van der Waals surface area contributed by atoms with Gasteiger partial charge in [0.25, 0.3) is 5.91 Å². The molecule has 1 saturated heterocycles. The lowest BCUT2D eigenvalue weighted by atomic mass is 10.0. The van der Waals surface area contributed by atoms with Crippen LogP contribution in [-0.2, 0) is 0 Å². The number of likely N-dealkylation sites (tertiary alicyclic amines) is 1. The number of β-amino-alcohol motifs (C(OH)–C–C–N with tert-alkyl or cyclic N) is 1. The van der Waals surface area contributed by atoms with Gasteiger partial charge in [0, 0.05) is 18.7 Å². The van der Waals surface area contributed by atoms with Crippen molar-refractivity contribution < 1.29 is 23.4 Å². The molecule has 1 fully saturated rings. The Kier molecular flexibility index (Phi) is 3.71. The minimum absolute atomic E-state index is 0.107. The quantitative estimate of drug-likeness (QED) is 0.910. The van der Waals surface area contributed by atoms with Crippen LogP contribution in [0.1, 0.15) is 21.5 Å². The van der Waals surface area contributed by atoms with Crippen molar-refractivity contribution in [3.05, 3.63) is 28.8 Å². The van der Waals surface area contributed by atoms with Gasteiger partial charge in [0.1, 0.15) is 5.75 Å². The second-order valence-corrected chi connectivity index (χ2v) is 4.68. The van der Waals surface area contributed by atoms with Gasteiger partial charge in [0.15, 0.2) is 0 Å². The maximum atomic E-state index is 12.2. The molecule has 1 aliphatic rings. The first-order valence-electron chi connectivity index (χ1n) is 5.92. The molecule has 0 saturated carbocycles. The molecule has 0 aliphatic carbocycles. The number of ether oxygens (including phenoxy) is 1. The second-order valence-electron chi connectivity index (χ2n) is 4.68. The summed E-state index contributed by atoms with van der Waals surface area (Å²) in [5.74, 6) is -0.102. The fourth-order valence-corrected chi connectivity index (χ4v) is 2.15. The monoisotopic (exact) mass is 271 g/mol. The van der Waals surface area contributed by atoms with Gasteiger partial charge >= 0.3 is 6.61 Å². The molecule has 0 spiro atoms. The van der Waals surface area contributed by atoms with Gasteiger partial charge in [0.05, 0.1) is 6.10 Å². The highest BCUT2D eigenvalue weighted by Gasteiger charge is 2.30. The molecule has 0 radical (unpaired) electrons. The summed E-state index contributed by atoms with van der Waals surface area (Å²) in [6, 6.07) is 3.05. The molecule has 1 aromatic carbocycles. The summed E-state index contributed by atoms with van der Waals surface area (Å²) in [5.41, 5.74) is 1.40. The molecule has 1 aliphatic heterocycles. The molecule has 1 heterocycles. The normalized spacial score (nSPS) is 15.6. The zero-order chi connectivity index (χ0) is 14.2. The zero-order valence-electron chi connectivity index (χ0n) is 10.7. The van der Waals surface area contributed by atoms with E-state index in [0.717, 1.165) is 0 Å². The van der Waals surface area contributed by atoms with Gasteiger partial charge in [-0.05, 0) is 37.1 Å². The number of aliphatic hydroxyl groups is 1. The number of carbonyl (C=O) groups is 1. The van der Waals surface area contributed by atoms with E-state index in [4.69, 9.17) is 5.11 Å². The predicted molar refractivity (Wildman–Crippen MR) is 64.5 cm³/mol. The molecule has 1 amide bonds. The van der Waals surface area contributed by atoms with E-state index >= 15 is 0 Å². The highest BCUT2D eigenvalue weighted by molar-refractivity contribution is 5.95. The lowest BCUT2D eigenvalue weighted by Crippen LogP contribution is -2.53. The summed E-state index contributed by atoms with van der Waals surface area (Å²) in [6.07, 6.45) is -0.465. The minimum atomic E-state index is -2.88. The van der Waals surface area contributed by atoms with Crippen LogP contribution in [0.15, 0.2) is 12.1 Å². The first-order chi connectivity index (χ1) is 8.88. The number of hydrogen-bond donors (Lipinski definition) is 1. The van der Waals surface area contributed by atoms with Crippen LogP contribution < -0.4 is 4.74 Å². The third kappa shape index (κ3) is 2.84. The fourth-order valence-electron chi connectivity index (χ4n) is 2.15. The Balaban J connectivity index is 2.22. The van der Waals surface area contributed by atoms with Crippen LogP contribution in [0.3, 0.4) is 0 Å². The summed E-state index contributed by atoms with van der Waals surface area (Å²) >= 11 is 0. The summed E-state index contributed by atoms with van der Waals surface area (Å²) in [5, 5.41) is 9.17. The number of carbonyl (C=O) groups excluding carboxylic acids is 1. The third-order valence-corrected chi connectivity index (χ3v) is 3.06. The molecular formula is C13H15F2NO3. The summed E-state index contributed by atoms with van der Waals surface area (Å²) < 4.78 is 28.9. The van der Waals surface area contributed by atoms with Crippen molar-refractivity contribution in [1.82, 2.24) is 4.90 Å². The van der Waals surface area contributed by atoms with Crippen LogP contribution in [0.5, 0.6) is 5.75 Å². The molecule has 104 valence electrons. The lowest BCUT2D eigenvalue weighted by molar-refractivity contribution is -0.0507. The average Bonchev–Trinajstić information content (AvgIpc) is 2.28. The van der Waals surface area contributed by atoms with Gasteiger partial charge < -0.3 is 14.7 Å². The van der Waals surface area contributed by atoms with Crippen LogP contribution in [-0.4, -0.2) is 41.7 Å². The Labute approximate surface area is 109 Å². The Morgan fingerprint density at radius 2 is 1.89 bits per heavy atom. The molecule has 6 heteroatoms. The summed E-state index contributed by atoms with van der Waals surface area (Å²) in [6.45, 7) is 0.974. The average molecular weight is 271 g/mol. The van der Waals surface area contributed by atoms with Gasteiger partial charge in [0.2, 0.25) is 0 Å². The number of benzene rings is 1. The first-order valence-corrected chi connectivity index (χ1v) is 5.92. The van der Waals surface area contributed by atoms with Crippen molar-refractivity contribution in [3.8, 4) is 5.75 Å². The number of aryl methyl sites for hydroxylation is 2. The number of nitrogens with zero attached hydrogens (tertiary/aromatic N) is 1. The van der Waals surface area contributed by atoms with Gasteiger partial charge in [-0.25, -0.2) is 0 Å². The van der Waals surface area contributed by atoms with Crippen molar-refractivity contribution in [2.24, 2.45) is 0 Å². The van der Waals surface area contributed by atoms with Crippen LogP contribution in [0.4, 0.5) is 8.78 Å². The molecule has 1 aromatic rings. The van der Waals surface area contributed by atoms with Gasteiger partial charge in [-0.2, -0.15) is 8.78 Å². The number of rotatable bonds is 3. The van der Waals surface area contributed by atoms with Crippen molar-refractivity contribution in [3.63, 3.8) is 0 Å². The molecule has 19 heavy (non-hydrogen) atoms. The van der Waals surface area contributed by atoms with Crippen LogP contribution >= 0.6 is 0 Å². The number of aliphatic hydroxyl groups excluding tert-OH is 1. The Morgan fingerprint density at radius 3 is 2.32 bits per heavy atom. The van der Waals surface area contributed by atoms with E-state index in [-0.39, 0.29) is 11.7 Å². The fraction of sp³-hybridized carbons (Fsp3) is 0.462. The topological polar surface area (TPSA) is 49.8 Å². The largest absolute Gasteiger partial charge is 0.434 e. The standard InChI is InChI=1S/C13H15F2NO3/c1-7-3-9(12(18)16-5-10(17)6-16)4-8(2)11(7)19-13(14)15/h3-4,10,13,17H,5-6H2,1-2H3. The molecular weight excluding hydrogens is 256 g/mol. The predicted octanol–water partition coefficient (Wildman–Crippen LogP) is 1.72. The van der Waals surface area contributed by atoms with Crippen molar-refractivity contribution in [2.45, 2.75) is 26.6 Å². The zero-order valence-corrected chi connectivity index (χ0v) is 10.7. The summed E-state index contributed by atoms with van der Waals surface area (Å²) in [4.78, 5) is 13.5. The number of alkyl halides is 2. The van der Waals surface area contributed by atoms with Gasteiger partial charge in [-0.1, -0.05) is 0 Å². The van der Waals surface area contributed by atoms with Crippen LogP contribution in [0.25, 0.3) is 0 Å². The molecule has 2 rings (SSSR count). The van der Waals surface area contributed by atoms with E-state index < -0.39 is 12.7 Å². The van der Waals surface area contributed by atoms with Crippen molar-refractivity contribution in [1.29, 1.82) is 0 Å². The molecule has 0 unspecified atom stereocenters. The van der Waals surface area contributed by atoms with E-state index in [1.165, 1.54) is 17.0 Å². The first kappa shape index (κ1) is 13.7. The number of amides is 1. The number of halogens is 2. The van der Waals surface area contributed by atoms with E-state index in [9.17, 15) is 13.6 Å². The number of hydrogen-bond acceptors (Lipinski definition) is 3. The Morgan fingerprint density at radius 1 is 1.37 bits per heavy atom. The van der Waals surface area contributed by atoms with E-state index in [2.05, 4.69) is 4.74 Å². The molecule has 4 nitrogen and oxygen atoms in total. The van der Waals surface area contributed by atoms with E-state index in [1.807, 2.05) is 0 Å². The molecule has 1 N–H and O–H groups in total. The molecule has 0 bridgehead atoms. The van der Waals surface area contributed by atoms with Gasteiger partial charge in [-0.3, -0.25) is 4.79 Å². The van der Waals surface area contributed by atoms with Gasteiger partial charge in [-0.15, -0.1) is 0 Å². The Bertz CT molecular complexity index is 476. The highest BCUT2D eigenvalue weighted by atomic mass is 19.3. The smallest absolute Gasteiger partial charge is 0.387 e. The third-order valence-electron chi connectivity index (χ3n) is 3.06. The lowest BCUT2D eigenvalue weighted by Gasteiger charge is -2.36. The maximum absolute atomic E-state index is 12.2. The van der Waals surface area contributed by atoms with E-state index in [0.29, 0.717) is 29.8 Å². The summed E-state index contributed by atoms with van der Waals surface area (Å²) in [7, 11) is 0.